The molecular formula is C20H15NO5. The Labute approximate surface area is 148 Å². The predicted octanol–water partition coefficient (Wildman–Crippen LogP) is 3.45. The molecule has 0 bridgehead atoms. The third kappa shape index (κ3) is 3.54. The first-order chi connectivity index (χ1) is 12.5. The number of para-hydroxylation sites is 1. The number of carboxylic acid groups (broad SMARTS) is 1. The first-order valence-electron chi connectivity index (χ1n) is 7.79. The van der Waals surface area contributed by atoms with Gasteiger partial charge in [-0.1, -0.05) is 23.8 Å². The molecule has 3 aromatic rings. The van der Waals surface area contributed by atoms with E-state index >= 15 is 0 Å². The fraction of sp³-hybridized carbons (Fsp3) is 0.0500. The number of anilines is 1. The molecule has 130 valence electrons. The van der Waals surface area contributed by atoms with Gasteiger partial charge in [-0.2, -0.15) is 0 Å². The molecule has 2 N–H and O–H groups in total. The summed E-state index contributed by atoms with van der Waals surface area (Å²) in [4.78, 5) is 35.7. The van der Waals surface area contributed by atoms with E-state index in [9.17, 15) is 14.4 Å². The summed E-state index contributed by atoms with van der Waals surface area (Å²) in [5, 5.41) is 12.0. The maximum atomic E-state index is 12.5. The quantitative estimate of drug-likeness (QED) is 0.703. The minimum absolute atomic E-state index is 0.0186. The van der Waals surface area contributed by atoms with Gasteiger partial charge in [-0.25, -0.2) is 4.79 Å². The van der Waals surface area contributed by atoms with Crippen LogP contribution in [0.5, 0.6) is 0 Å². The Morgan fingerprint density at radius 3 is 2.69 bits per heavy atom. The van der Waals surface area contributed by atoms with E-state index in [1.54, 1.807) is 24.3 Å². The van der Waals surface area contributed by atoms with Gasteiger partial charge in [0.2, 0.25) is 5.91 Å². The number of fused-ring (bicyclic) bond motifs is 1. The largest absolute Gasteiger partial charge is 0.478 e. The zero-order chi connectivity index (χ0) is 18.7. The molecule has 1 heterocycles. The second-order valence-corrected chi connectivity index (χ2v) is 5.69. The lowest BCUT2D eigenvalue weighted by Gasteiger charge is -2.05. The first kappa shape index (κ1) is 17.2. The van der Waals surface area contributed by atoms with Crippen molar-refractivity contribution in [2.75, 3.05) is 5.32 Å². The maximum Gasteiger partial charge on any atom is 0.337 e. The Bertz CT molecular complexity index is 1090. The zero-order valence-electron chi connectivity index (χ0n) is 13.9. The topological polar surface area (TPSA) is 96.6 Å². The third-order valence-electron chi connectivity index (χ3n) is 3.78. The van der Waals surface area contributed by atoms with E-state index in [1.165, 1.54) is 24.5 Å². The molecule has 6 nitrogen and oxygen atoms in total. The minimum Gasteiger partial charge on any atom is -0.478 e. The van der Waals surface area contributed by atoms with E-state index in [1.807, 2.05) is 13.0 Å². The van der Waals surface area contributed by atoms with Gasteiger partial charge in [0.1, 0.15) is 11.8 Å². The van der Waals surface area contributed by atoms with Crippen LogP contribution in [0, 0.1) is 6.92 Å². The summed E-state index contributed by atoms with van der Waals surface area (Å²) >= 11 is 0. The van der Waals surface area contributed by atoms with Crippen molar-refractivity contribution < 1.29 is 19.1 Å². The van der Waals surface area contributed by atoms with Crippen molar-refractivity contribution in [2.24, 2.45) is 0 Å². The summed E-state index contributed by atoms with van der Waals surface area (Å²) in [6, 6.07) is 11.3. The number of benzene rings is 2. The van der Waals surface area contributed by atoms with Crippen LogP contribution in [0.3, 0.4) is 0 Å². The highest BCUT2D eigenvalue weighted by Crippen LogP contribution is 2.16. The first-order valence-corrected chi connectivity index (χ1v) is 7.79. The number of carbonyl (C=O) groups is 2. The van der Waals surface area contributed by atoms with Gasteiger partial charge in [0.05, 0.1) is 22.2 Å². The van der Waals surface area contributed by atoms with Gasteiger partial charge in [0.15, 0.2) is 5.43 Å². The Morgan fingerprint density at radius 1 is 1.15 bits per heavy atom. The van der Waals surface area contributed by atoms with Crippen LogP contribution in [0.2, 0.25) is 0 Å². The number of aryl methyl sites for hydroxylation is 1. The van der Waals surface area contributed by atoms with Crippen LogP contribution in [-0.4, -0.2) is 17.0 Å². The van der Waals surface area contributed by atoms with Gasteiger partial charge < -0.3 is 14.8 Å². The number of aromatic carboxylic acids is 1. The monoisotopic (exact) mass is 349 g/mol. The minimum atomic E-state index is -1.14. The molecule has 0 atom stereocenters. The van der Waals surface area contributed by atoms with E-state index < -0.39 is 11.9 Å². The average molecular weight is 349 g/mol. The van der Waals surface area contributed by atoms with Gasteiger partial charge in [-0.15, -0.1) is 0 Å². The van der Waals surface area contributed by atoms with Gasteiger partial charge in [0, 0.05) is 6.08 Å². The van der Waals surface area contributed by atoms with Crippen molar-refractivity contribution in [3.8, 4) is 0 Å². The van der Waals surface area contributed by atoms with Crippen LogP contribution in [0.15, 0.2) is 64.0 Å². The van der Waals surface area contributed by atoms with Gasteiger partial charge >= 0.3 is 5.97 Å². The molecular weight excluding hydrogens is 334 g/mol. The highest BCUT2D eigenvalue weighted by atomic mass is 16.4. The lowest BCUT2D eigenvalue weighted by Crippen LogP contribution is -2.12. The Morgan fingerprint density at radius 2 is 1.92 bits per heavy atom. The van der Waals surface area contributed by atoms with E-state index in [0.29, 0.717) is 11.0 Å². The van der Waals surface area contributed by atoms with Crippen LogP contribution in [0.1, 0.15) is 21.5 Å². The van der Waals surface area contributed by atoms with Crippen LogP contribution in [0.25, 0.3) is 17.0 Å². The summed E-state index contributed by atoms with van der Waals surface area (Å²) in [7, 11) is 0. The second-order valence-electron chi connectivity index (χ2n) is 5.69. The molecule has 1 amide bonds. The van der Waals surface area contributed by atoms with E-state index in [-0.39, 0.29) is 22.2 Å². The molecule has 0 aliphatic carbocycles. The average Bonchev–Trinajstić information content (AvgIpc) is 2.62. The Kier molecular flexibility index (Phi) is 4.66. The number of hydrogen-bond donors (Lipinski definition) is 2. The van der Waals surface area contributed by atoms with E-state index in [0.717, 1.165) is 11.6 Å². The molecule has 2 aromatic carbocycles. The number of hydrogen-bond acceptors (Lipinski definition) is 4. The highest BCUT2D eigenvalue weighted by Gasteiger charge is 2.10. The molecule has 1 aromatic heterocycles. The van der Waals surface area contributed by atoms with E-state index in [4.69, 9.17) is 9.52 Å². The van der Waals surface area contributed by atoms with Gasteiger partial charge in [-0.05, 0) is 37.3 Å². The van der Waals surface area contributed by atoms with Crippen LogP contribution < -0.4 is 10.7 Å². The zero-order valence-corrected chi connectivity index (χ0v) is 13.9. The van der Waals surface area contributed by atoms with Crippen molar-refractivity contribution in [3.63, 3.8) is 0 Å². The number of carbonyl (C=O) groups excluding carboxylic acids is 1. The van der Waals surface area contributed by atoms with Crippen LogP contribution in [-0.2, 0) is 4.79 Å². The van der Waals surface area contributed by atoms with Gasteiger partial charge in [0.25, 0.3) is 0 Å². The molecule has 0 saturated heterocycles. The summed E-state index contributed by atoms with van der Waals surface area (Å²) in [5.41, 5.74) is 1.53. The second kappa shape index (κ2) is 7.06. The van der Waals surface area contributed by atoms with Gasteiger partial charge in [-0.3, -0.25) is 9.59 Å². The number of amides is 1. The third-order valence-corrected chi connectivity index (χ3v) is 3.78. The summed E-state index contributed by atoms with van der Waals surface area (Å²) in [5.74, 6) is -1.70. The number of nitrogens with one attached hydrogen (secondary N) is 1. The van der Waals surface area contributed by atoms with Crippen molar-refractivity contribution in [3.05, 3.63) is 81.7 Å². The lowest BCUT2D eigenvalue weighted by molar-refractivity contribution is -0.111. The maximum absolute atomic E-state index is 12.5. The lowest BCUT2D eigenvalue weighted by atomic mass is 10.1. The van der Waals surface area contributed by atoms with E-state index in [2.05, 4.69) is 5.32 Å². The molecule has 0 spiro atoms. The van der Waals surface area contributed by atoms with Crippen LogP contribution >= 0.6 is 0 Å². The summed E-state index contributed by atoms with van der Waals surface area (Å²) in [6.45, 7) is 1.87. The summed E-state index contributed by atoms with van der Waals surface area (Å²) in [6.07, 6.45) is 3.79. The SMILES string of the molecule is Cc1ccc2occ(/C=C/C(=O)Nc3ccccc3C(=O)O)c(=O)c2c1. The molecule has 0 aliphatic rings. The smallest absolute Gasteiger partial charge is 0.337 e. The molecule has 26 heavy (non-hydrogen) atoms. The molecule has 0 radical (unpaired) electrons. The molecule has 3 rings (SSSR count). The molecule has 0 fully saturated rings. The fourth-order valence-corrected chi connectivity index (χ4v) is 2.49. The molecule has 0 aliphatic heterocycles. The Hall–Kier alpha value is -3.67. The van der Waals surface area contributed by atoms with Crippen molar-refractivity contribution >= 4 is 34.6 Å². The Balaban J connectivity index is 1.85. The van der Waals surface area contributed by atoms with Crippen molar-refractivity contribution in [2.45, 2.75) is 6.92 Å². The normalized spacial score (nSPS) is 11.0. The standard InChI is InChI=1S/C20H15NO5/c1-12-6-8-17-15(10-12)19(23)13(11-26-17)7-9-18(22)21-16-5-3-2-4-14(16)20(24)25/h2-11H,1H3,(H,21,22)(H,24,25)/b9-7+. The van der Waals surface area contributed by atoms with Crippen LogP contribution in [0.4, 0.5) is 5.69 Å². The number of carboxylic acids is 1. The van der Waals surface area contributed by atoms with Crippen molar-refractivity contribution in [1.82, 2.24) is 0 Å². The summed E-state index contributed by atoms with van der Waals surface area (Å²) < 4.78 is 5.42. The number of rotatable bonds is 4. The highest BCUT2D eigenvalue weighted by molar-refractivity contribution is 6.06. The predicted molar refractivity (Wildman–Crippen MR) is 98.3 cm³/mol. The molecule has 0 unspecified atom stereocenters. The fourth-order valence-electron chi connectivity index (χ4n) is 2.49. The molecule has 0 saturated carbocycles. The molecule has 6 heteroatoms. The van der Waals surface area contributed by atoms with Crippen molar-refractivity contribution in [1.29, 1.82) is 0 Å².